The first-order valence-electron chi connectivity index (χ1n) is 9.95. The number of aromatic nitrogens is 2. The van der Waals surface area contributed by atoms with Gasteiger partial charge in [-0.05, 0) is 29.8 Å². The highest BCUT2D eigenvalue weighted by Gasteiger charge is 2.32. The Labute approximate surface area is 187 Å². The third-order valence-electron chi connectivity index (χ3n) is 5.00. The van der Waals surface area contributed by atoms with Crippen LogP contribution < -0.4 is 15.2 Å². The van der Waals surface area contributed by atoms with E-state index in [0.29, 0.717) is 17.0 Å². The van der Waals surface area contributed by atoms with Crippen LogP contribution in [0.25, 0.3) is 0 Å². The second-order valence-corrected chi connectivity index (χ2v) is 13.4. The Hall–Kier alpha value is -3.66. The average Bonchev–Trinajstić information content (AvgIpc) is 3.19. The van der Waals surface area contributed by atoms with E-state index >= 15 is 0 Å². The molecule has 2 aromatic carbocycles. The number of aromatic hydroxyl groups is 1. The molecule has 0 saturated heterocycles. The molecule has 9 nitrogen and oxygen atoms in total. The zero-order chi connectivity index (χ0) is 23.5. The van der Waals surface area contributed by atoms with Gasteiger partial charge in [0.15, 0.2) is 0 Å². The second-order valence-electron chi connectivity index (χ2n) is 8.30. The van der Waals surface area contributed by atoms with E-state index in [4.69, 9.17) is 9.15 Å². The Bertz CT molecular complexity index is 1090. The maximum Gasteiger partial charge on any atom is 0.412 e. The summed E-state index contributed by atoms with van der Waals surface area (Å²) in [6.07, 6.45) is -0.727. The SMILES string of the molecule is COc1ccc(C(C(=O)Nc2ccc([Si](C)(C)C)cc2)N(C)C(=O)c2nnc(O)o2)cc1. The minimum Gasteiger partial charge on any atom is -0.497 e. The lowest BCUT2D eigenvalue weighted by Crippen LogP contribution is -2.39. The monoisotopic (exact) mass is 454 g/mol. The van der Waals surface area contributed by atoms with E-state index in [1.54, 1.807) is 31.4 Å². The van der Waals surface area contributed by atoms with Crippen molar-refractivity contribution in [3.8, 4) is 11.8 Å². The summed E-state index contributed by atoms with van der Waals surface area (Å²) in [5, 5.41) is 20.2. The van der Waals surface area contributed by atoms with Crippen LogP contribution >= 0.6 is 0 Å². The summed E-state index contributed by atoms with van der Waals surface area (Å²) < 4.78 is 10.0. The number of amides is 2. The maximum atomic E-state index is 13.3. The number of carbonyl (C=O) groups excluding carboxylic acids is 2. The Morgan fingerprint density at radius 1 is 1.06 bits per heavy atom. The fraction of sp³-hybridized carbons (Fsp3) is 0.273. The number of nitrogens with zero attached hydrogens (tertiary/aromatic N) is 3. The number of methoxy groups -OCH3 is 1. The van der Waals surface area contributed by atoms with Gasteiger partial charge >= 0.3 is 17.9 Å². The lowest BCUT2D eigenvalue weighted by atomic mass is 10.0. The van der Waals surface area contributed by atoms with Gasteiger partial charge in [0.1, 0.15) is 11.8 Å². The highest BCUT2D eigenvalue weighted by atomic mass is 28.3. The molecule has 1 atom stereocenters. The summed E-state index contributed by atoms with van der Waals surface area (Å²) in [4.78, 5) is 27.3. The molecular formula is C22H26N4O5Si. The van der Waals surface area contributed by atoms with Crippen molar-refractivity contribution in [2.24, 2.45) is 0 Å². The normalized spacial score (nSPS) is 12.2. The first-order chi connectivity index (χ1) is 15.1. The Morgan fingerprint density at radius 2 is 1.69 bits per heavy atom. The van der Waals surface area contributed by atoms with Crippen LogP contribution in [0.3, 0.4) is 0 Å². The largest absolute Gasteiger partial charge is 0.497 e. The van der Waals surface area contributed by atoms with Crippen LogP contribution in [0.2, 0.25) is 19.6 Å². The quantitative estimate of drug-likeness (QED) is 0.527. The number of ether oxygens (including phenoxy) is 1. The van der Waals surface area contributed by atoms with E-state index in [0.717, 1.165) is 0 Å². The van der Waals surface area contributed by atoms with Crippen LogP contribution in [0.15, 0.2) is 52.9 Å². The number of hydrogen-bond acceptors (Lipinski definition) is 7. The fourth-order valence-electron chi connectivity index (χ4n) is 3.17. The highest BCUT2D eigenvalue weighted by molar-refractivity contribution is 6.88. The topological polar surface area (TPSA) is 118 Å². The Balaban J connectivity index is 1.90. The smallest absolute Gasteiger partial charge is 0.412 e. The molecule has 0 aliphatic carbocycles. The van der Waals surface area contributed by atoms with Crippen LogP contribution in [0.5, 0.6) is 11.8 Å². The molecule has 2 N–H and O–H groups in total. The molecule has 1 heterocycles. The molecule has 3 aromatic rings. The molecule has 0 saturated carbocycles. The lowest BCUT2D eigenvalue weighted by Gasteiger charge is -2.27. The van der Waals surface area contributed by atoms with E-state index in [1.165, 1.54) is 17.1 Å². The molecule has 1 unspecified atom stereocenters. The first kappa shape index (κ1) is 23.0. The summed E-state index contributed by atoms with van der Waals surface area (Å²) >= 11 is 0. The molecule has 168 valence electrons. The standard InChI is InChI=1S/C22H26N4O5Si/c1-26(21(28)20-24-25-22(29)31-20)18(14-6-10-16(30-2)11-7-14)19(27)23-15-8-12-17(13-9-15)32(3,4)5/h6-13,18H,1-5H3,(H,23,27)(H,25,29). The minimum atomic E-state index is -1.47. The Morgan fingerprint density at radius 3 is 2.19 bits per heavy atom. The third kappa shape index (κ3) is 5.14. The zero-order valence-electron chi connectivity index (χ0n) is 18.6. The molecule has 0 aliphatic heterocycles. The average molecular weight is 455 g/mol. The minimum absolute atomic E-state index is 0.421. The summed E-state index contributed by atoms with van der Waals surface area (Å²) in [5.74, 6) is -0.931. The lowest BCUT2D eigenvalue weighted by molar-refractivity contribution is -0.120. The molecule has 0 fully saturated rings. The number of hydrogen-bond donors (Lipinski definition) is 2. The van der Waals surface area contributed by atoms with Crippen LogP contribution in [-0.2, 0) is 4.79 Å². The van der Waals surface area contributed by atoms with Gasteiger partial charge in [0, 0.05) is 12.7 Å². The van der Waals surface area contributed by atoms with Crippen molar-refractivity contribution in [1.29, 1.82) is 0 Å². The predicted octanol–water partition coefficient (Wildman–Crippen LogP) is 2.78. The van der Waals surface area contributed by atoms with Crippen LogP contribution in [0.4, 0.5) is 5.69 Å². The van der Waals surface area contributed by atoms with Gasteiger partial charge < -0.3 is 24.5 Å². The number of carbonyl (C=O) groups is 2. The molecule has 3 rings (SSSR count). The summed E-state index contributed by atoms with van der Waals surface area (Å²) in [7, 11) is 1.52. The molecule has 0 bridgehead atoms. The van der Waals surface area contributed by atoms with Crippen LogP contribution in [0, 0.1) is 0 Å². The third-order valence-corrected chi connectivity index (χ3v) is 7.07. The van der Waals surface area contributed by atoms with Gasteiger partial charge in [-0.15, -0.1) is 0 Å². The molecular weight excluding hydrogens is 428 g/mol. The van der Waals surface area contributed by atoms with Crippen molar-refractivity contribution in [2.45, 2.75) is 25.7 Å². The molecule has 0 radical (unpaired) electrons. The van der Waals surface area contributed by atoms with Crippen molar-refractivity contribution in [1.82, 2.24) is 15.1 Å². The van der Waals surface area contributed by atoms with E-state index in [-0.39, 0.29) is 0 Å². The van der Waals surface area contributed by atoms with Crippen LogP contribution in [-0.4, -0.2) is 54.2 Å². The summed E-state index contributed by atoms with van der Waals surface area (Å²) in [6, 6.07) is 13.5. The molecule has 0 spiro atoms. The van der Waals surface area contributed by atoms with Crippen molar-refractivity contribution < 1.29 is 23.8 Å². The number of rotatable bonds is 7. The zero-order valence-corrected chi connectivity index (χ0v) is 19.6. The highest BCUT2D eigenvalue weighted by Crippen LogP contribution is 2.26. The van der Waals surface area contributed by atoms with Gasteiger partial charge in [-0.25, -0.2) is 0 Å². The van der Waals surface area contributed by atoms with Crippen LogP contribution in [0.1, 0.15) is 22.3 Å². The number of anilines is 1. The van der Waals surface area contributed by atoms with Gasteiger partial charge in [-0.1, -0.05) is 59.3 Å². The molecule has 0 aliphatic rings. The molecule has 2 amide bonds. The second kappa shape index (κ2) is 9.23. The van der Waals surface area contributed by atoms with E-state index in [9.17, 15) is 14.7 Å². The van der Waals surface area contributed by atoms with Gasteiger partial charge in [0.25, 0.3) is 5.91 Å². The number of likely N-dealkylation sites (N-methyl/N-ethyl adjacent to an activating group) is 1. The number of nitrogens with one attached hydrogen (secondary N) is 1. The molecule has 32 heavy (non-hydrogen) atoms. The van der Waals surface area contributed by atoms with Crippen molar-refractivity contribution in [3.63, 3.8) is 0 Å². The first-order valence-corrected chi connectivity index (χ1v) is 13.4. The van der Waals surface area contributed by atoms with Crippen molar-refractivity contribution >= 4 is 30.8 Å². The van der Waals surface area contributed by atoms with Gasteiger partial charge in [-0.3, -0.25) is 9.59 Å². The van der Waals surface area contributed by atoms with Crippen molar-refractivity contribution in [2.75, 3.05) is 19.5 Å². The van der Waals surface area contributed by atoms with Gasteiger partial charge in [-0.2, -0.15) is 0 Å². The summed E-state index contributed by atoms with van der Waals surface area (Å²) in [6.45, 7) is 6.74. The molecule has 10 heteroatoms. The van der Waals surface area contributed by atoms with Crippen molar-refractivity contribution in [3.05, 3.63) is 60.0 Å². The van der Waals surface area contributed by atoms with E-state index in [1.807, 2.05) is 24.3 Å². The number of benzene rings is 2. The predicted molar refractivity (Wildman–Crippen MR) is 122 cm³/mol. The summed E-state index contributed by atoms with van der Waals surface area (Å²) in [5.41, 5.74) is 1.17. The Kier molecular flexibility index (Phi) is 6.63. The molecule has 1 aromatic heterocycles. The van der Waals surface area contributed by atoms with Gasteiger partial charge in [0.2, 0.25) is 0 Å². The van der Waals surface area contributed by atoms with E-state index in [2.05, 4.69) is 35.2 Å². The van der Waals surface area contributed by atoms with Gasteiger partial charge in [0.05, 0.1) is 15.2 Å². The maximum absolute atomic E-state index is 13.3. The van der Waals surface area contributed by atoms with E-state index < -0.39 is 37.9 Å². The fourth-order valence-corrected chi connectivity index (χ4v) is 4.34.